The Morgan fingerprint density at radius 3 is 2.24 bits per heavy atom. The number of piperidine rings is 1. The van der Waals surface area contributed by atoms with Crippen LogP contribution in [0.1, 0.15) is 40.0 Å². The molecule has 2 N–H and O–H groups in total. The van der Waals surface area contributed by atoms with Crippen molar-refractivity contribution in [3.8, 4) is 0 Å². The van der Waals surface area contributed by atoms with Crippen molar-refractivity contribution in [1.29, 1.82) is 0 Å². The lowest BCUT2D eigenvalue weighted by molar-refractivity contribution is -0.145. The number of amides is 2. The quantitative estimate of drug-likeness (QED) is 0.791. The van der Waals surface area contributed by atoms with Crippen LogP contribution in [0.3, 0.4) is 0 Å². The third kappa shape index (κ3) is 4.33. The Bertz CT molecular complexity index is 395. The van der Waals surface area contributed by atoms with E-state index in [1.165, 1.54) is 0 Å². The summed E-state index contributed by atoms with van der Waals surface area (Å²) in [6.07, 6.45) is 2.69. The Morgan fingerprint density at radius 1 is 1.05 bits per heavy atom. The predicted octanol–water partition coefficient (Wildman–Crippen LogP) is 1.25. The molecule has 2 amide bonds. The second-order valence-corrected chi connectivity index (χ2v) is 7.17. The highest BCUT2D eigenvalue weighted by molar-refractivity contribution is 5.85. The first kappa shape index (κ1) is 18.2. The van der Waals surface area contributed by atoms with Crippen LogP contribution in [0.4, 0.5) is 0 Å². The Labute approximate surface area is 133 Å². The Hall–Kier alpha value is -0.810. The van der Waals surface area contributed by atoms with Crippen LogP contribution >= 0.6 is 12.4 Å². The zero-order valence-electron chi connectivity index (χ0n) is 13.3. The van der Waals surface area contributed by atoms with Gasteiger partial charge in [-0.25, -0.2) is 0 Å². The van der Waals surface area contributed by atoms with E-state index in [9.17, 15) is 9.59 Å². The van der Waals surface area contributed by atoms with Gasteiger partial charge in [0.05, 0.1) is 5.92 Å². The molecule has 21 heavy (non-hydrogen) atoms. The number of carbonyl (C=O) groups excluding carboxylic acids is 2. The molecular weight excluding hydrogens is 290 g/mol. The molecule has 0 saturated carbocycles. The van der Waals surface area contributed by atoms with E-state index in [1.54, 1.807) is 0 Å². The van der Waals surface area contributed by atoms with Gasteiger partial charge >= 0.3 is 0 Å². The van der Waals surface area contributed by atoms with Crippen molar-refractivity contribution >= 4 is 24.2 Å². The van der Waals surface area contributed by atoms with Gasteiger partial charge in [-0.05, 0) is 19.3 Å². The average molecular weight is 318 g/mol. The van der Waals surface area contributed by atoms with E-state index >= 15 is 0 Å². The maximum absolute atomic E-state index is 12.5. The lowest BCUT2D eigenvalue weighted by Gasteiger charge is -2.37. The zero-order valence-corrected chi connectivity index (χ0v) is 14.1. The Morgan fingerprint density at radius 2 is 1.71 bits per heavy atom. The van der Waals surface area contributed by atoms with Crippen molar-refractivity contribution in [2.45, 2.75) is 46.1 Å². The fraction of sp³-hybridized carbons (Fsp3) is 0.867. The van der Waals surface area contributed by atoms with Gasteiger partial charge in [0.25, 0.3) is 0 Å². The smallest absolute Gasteiger partial charge is 0.227 e. The van der Waals surface area contributed by atoms with E-state index in [0.29, 0.717) is 13.1 Å². The highest BCUT2D eigenvalue weighted by atomic mass is 35.5. The number of hydrogen-bond donors (Lipinski definition) is 1. The lowest BCUT2D eigenvalue weighted by Crippen LogP contribution is -2.49. The molecule has 0 bridgehead atoms. The summed E-state index contributed by atoms with van der Waals surface area (Å²) in [6, 6.07) is 0.120. The molecule has 0 spiro atoms. The van der Waals surface area contributed by atoms with Crippen LogP contribution in [-0.4, -0.2) is 53.8 Å². The van der Waals surface area contributed by atoms with Gasteiger partial charge in [0.15, 0.2) is 0 Å². The summed E-state index contributed by atoms with van der Waals surface area (Å²) in [5, 5.41) is 0. The van der Waals surface area contributed by atoms with Gasteiger partial charge < -0.3 is 15.5 Å². The number of likely N-dealkylation sites (tertiary alicyclic amines) is 2. The molecular formula is C15H28ClN3O2. The zero-order chi connectivity index (χ0) is 14.9. The molecule has 2 aliphatic heterocycles. The van der Waals surface area contributed by atoms with Crippen molar-refractivity contribution in [3.05, 3.63) is 0 Å². The van der Waals surface area contributed by atoms with Gasteiger partial charge in [-0.3, -0.25) is 9.59 Å². The van der Waals surface area contributed by atoms with Gasteiger partial charge in [0.1, 0.15) is 0 Å². The summed E-state index contributed by atoms with van der Waals surface area (Å²) in [6.45, 7) is 8.58. The minimum Gasteiger partial charge on any atom is -0.341 e. The summed E-state index contributed by atoms with van der Waals surface area (Å²) >= 11 is 0. The molecule has 0 radical (unpaired) electrons. The van der Waals surface area contributed by atoms with Crippen LogP contribution < -0.4 is 5.73 Å². The van der Waals surface area contributed by atoms with E-state index in [-0.39, 0.29) is 41.6 Å². The second-order valence-electron chi connectivity index (χ2n) is 7.17. The summed E-state index contributed by atoms with van der Waals surface area (Å²) in [7, 11) is 0. The molecule has 2 atom stereocenters. The molecule has 2 rings (SSSR count). The summed E-state index contributed by atoms with van der Waals surface area (Å²) < 4.78 is 0. The largest absolute Gasteiger partial charge is 0.341 e. The normalized spacial score (nSPS) is 26.5. The van der Waals surface area contributed by atoms with E-state index in [4.69, 9.17) is 5.73 Å². The first-order chi connectivity index (χ1) is 9.29. The molecule has 2 saturated heterocycles. The van der Waals surface area contributed by atoms with E-state index < -0.39 is 0 Å². The van der Waals surface area contributed by atoms with Crippen molar-refractivity contribution in [2.24, 2.45) is 17.1 Å². The molecule has 5 nitrogen and oxygen atoms in total. The van der Waals surface area contributed by atoms with Crippen LogP contribution in [0.5, 0.6) is 0 Å². The predicted molar refractivity (Wildman–Crippen MR) is 85.2 cm³/mol. The minimum atomic E-state index is -0.374. The van der Waals surface area contributed by atoms with E-state index in [2.05, 4.69) is 0 Å². The van der Waals surface area contributed by atoms with Crippen LogP contribution in [0.15, 0.2) is 0 Å². The second kappa shape index (κ2) is 6.97. The monoisotopic (exact) mass is 317 g/mol. The first-order valence-electron chi connectivity index (χ1n) is 7.63. The highest BCUT2D eigenvalue weighted by Crippen LogP contribution is 2.25. The number of hydrogen-bond acceptors (Lipinski definition) is 3. The maximum atomic E-state index is 12.5. The molecule has 0 aromatic carbocycles. The van der Waals surface area contributed by atoms with E-state index in [1.807, 2.05) is 30.6 Å². The van der Waals surface area contributed by atoms with Crippen molar-refractivity contribution in [2.75, 3.05) is 26.2 Å². The number of halogens is 1. The number of nitrogens with two attached hydrogens (primary N) is 1. The lowest BCUT2D eigenvalue weighted by atomic mass is 9.90. The standard InChI is InChI=1S/C15H27N3O2.ClH/c1-15(2,3)14(20)18-7-4-5-11(9-18)13(19)17-8-6-12(16)10-17;/h11-12H,4-10,16H2,1-3H3;1H/t11?,12-;/m1./s1. The fourth-order valence-electron chi connectivity index (χ4n) is 3.08. The van der Waals surface area contributed by atoms with Crippen molar-refractivity contribution in [3.63, 3.8) is 0 Å². The molecule has 1 unspecified atom stereocenters. The van der Waals surface area contributed by atoms with E-state index in [0.717, 1.165) is 32.4 Å². The molecule has 122 valence electrons. The molecule has 2 heterocycles. The minimum absolute atomic E-state index is 0. The summed E-state index contributed by atoms with van der Waals surface area (Å²) in [4.78, 5) is 28.6. The third-order valence-corrected chi connectivity index (χ3v) is 4.24. The molecule has 6 heteroatoms. The highest BCUT2D eigenvalue weighted by Gasteiger charge is 2.36. The SMILES string of the molecule is CC(C)(C)C(=O)N1CCCC(C(=O)N2CC[C@@H](N)C2)C1.Cl. The number of carbonyl (C=O) groups is 2. The van der Waals surface area contributed by atoms with Crippen LogP contribution in [0.2, 0.25) is 0 Å². The Kier molecular flexibility index (Phi) is 6.05. The van der Waals surface area contributed by atoms with Gasteiger partial charge in [0, 0.05) is 37.6 Å². The first-order valence-corrected chi connectivity index (χ1v) is 7.63. The maximum Gasteiger partial charge on any atom is 0.227 e. The van der Waals surface area contributed by atoms with Crippen LogP contribution in [0, 0.1) is 11.3 Å². The number of nitrogens with zero attached hydrogens (tertiary/aromatic N) is 2. The van der Waals surface area contributed by atoms with Gasteiger partial charge in [-0.15, -0.1) is 12.4 Å². The molecule has 0 aromatic rings. The summed E-state index contributed by atoms with van der Waals surface area (Å²) in [5.74, 6) is 0.290. The van der Waals surface area contributed by atoms with Gasteiger partial charge in [0.2, 0.25) is 11.8 Å². The van der Waals surface area contributed by atoms with Crippen molar-refractivity contribution in [1.82, 2.24) is 9.80 Å². The van der Waals surface area contributed by atoms with Crippen LogP contribution in [-0.2, 0) is 9.59 Å². The Balaban J connectivity index is 0.00000220. The molecule has 2 aliphatic rings. The fourth-order valence-corrected chi connectivity index (χ4v) is 3.08. The average Bonchev–Trinajstić information content (AvgIpc) is 2.82. The van der Waals surface area contributed by atoms with Gasteiger partial charge in [-0.2, -0.15) is 0 Å². The molecule has 0 aliphatic carbocycles. The van der Waals surface area contributed by atoms with Crippen LogP contribution in [0.25, 0.3) is 0 Å². The number of rotatable bonds is 1. The molecule has 0 aromatic heterocycles. The summed E-state index contributed by atoms with van der Waals surface area (Å²) in [5.41, 5.74) is 5.49. The molecule has 2 fully saturated rings. The third-order valence-electron chi connectivity index (χ3n) is 4.24. The van der Waals surface area contributed by atoms with Crippen molar-refractivity contribution < 1.29 is 9.59 Å². The van der Waals surface area contributed by atoms with Gasteiger partial charge in [-0.1, -0.05) is 20.8 Å². The topological polar surface area (TPSA) is 66.6 Å².